The number of ether oxygens (including phenoxy) is 1. The molecule has 0 atom stereocenters. The third kappa shape index (κ3) is 4.31. The second-order valence-corrected chi connectivity index (χ2v) is 8.00. The zero-order chi connectivity index (χ0) is 23.0. The van der Waals surface area contributed by atoms with Gasteiger partial charge in [-0.05, 0) is 35.7 Å². The number of hydrogen-bond acceptors (Lipinski definition) is 3. The molecule has 0 aliphatic carbocycles. The molecule has 2 aromatic carbocycles. The monoisotopic (exact) mass is 460 g/mol. The Morgan fingerprint density at radius 2 is 1.88 bits per heavy atom. The Morgan fingerprint density at radius 3 is 2.59 bits per heavy atom. The van der Waals surface area contributed by atoms with E-state index in [4.69, 9.17) is 16.3 Å². The van der Waals surface area contributed by atoms with Crippen LogP contribution < -0.4 is 10.3 Å². The number of rotatable bonds is 5. The molecule has 0 saturated heterocycles. The molecule has 9 heteroatoms. The van der Waals surface area contributed by atoms with Crippen LogP contribution in [0.25, 0.3) is 0 Å². The molecule has 1 amide bonds. The Hall–Kier alpha value is -3.39. The maximum atomic E-state index is 13.8. The summed E-state index contributed by atoms with van der Waals surface area (Å²) in [6.45, 7) is 2.41. The predicted molar refractivity (Wildman–Crippen MR) is 114 cm³/mol. The molecule has 1 N–H and O–H groups in total. The zero-order valence-electron chi connectivity index (χ0n) is 17.1. The summed E-state index contributed by atoms with van der Waals surface area (Å²) in [4.78, 5) is 25.4. The van der Waals surface area contributed by atoms with Gasteiger partial charge in [-0.1, -0.05) is 29.8 Å². The zero-order valence-corrected chi connectivity index (χ0v) is 17.8. The van der Waals surface area contributed by atoms with E-state index in [1.807, 2.05) is 18.2 Å². The van der Waals surface area contributed by atoms with E-state index in [9.17, 15) is 23.5 Å². The van der Waals surface area contributed by atoms with Crippen molar-refractivity contribution in [2.75, 3.05) is 0 Å². The van der Waals surface area contributed by atoms with Crippen molar-refractivity contribution in [2.45, 2.75) is 33.2 Å². The van der Waals surface area contributed by atoms with Crippen molar-refractivity contribution in [3.63, 3.8) is 0 Å². The van der Waals surface area contributed by atoms with Crippen molar-refractivity contribution in [3.05, 3.63) is 97.4 Å². The van der Waals surface area contributed by atoms with E-state index in [-0.39, 0.29) is 29.5 Å². The number of aryl methyl sites for hydroxylation is 1. The Bertz CT molecular complexity index is 1280. The van der Waals surface area contributed by atoms with Crippen LogP contribution in [0.2, 0.25) is 5.02 Å². The van der Waals surface area contributed by atoms with Crippen molar-refractivity contribution < 1.29 is 23.4 Å². The van der Waals surface area contributed by atoms with Gasteiger partial charge in [0.25, 0.3) is 5.56 Å². The lowest BCUT2D eigenvalue weighted by molar-refractivity contribution is 0.145. The normalized spacial score (nSPS) is 12.7. The van der Waals surface area contributed by atoms with Gasteiger partial charge in [0.05, 0.1) is 6.54 Å². The van der Waals surface area contributed by atoms with Gasteiger partial charge in [-0.15, -0.1) is 0 Å². The van der Waals surface area contributed by atoms with Gasteiger partial charge in [0.1, 0.15) is 29.0 Å². The Labute approximate surface area is 187 Å². The second kappa shape index (κ2) is 8.63. The highest BCUT2D eigenvalue weighted by Gasteiger charge is 2.23. The topological polar surface area (TPSA) is 71.8 Å². The molecule has 6 nitrogen and oxygen atoms in total. The molecule has 0 radical (unpaired) electrons. The van der Waals surface area contributed by atoms with Crippen LogP contribution in [0.1, 0.15) is 27.9 Å². The number of pyridine rings is 1. The number of carbonyl (C=O) groups is 1. The fraction of sp³-hybridized carbons (Fsp3) is 0.217. The number of halogens is 3. The smallest absolute Gasteiger partial charge is 0.407 e. The Morgan fingerprint density at radius 1 is 1.12 bits per heavy atom. The highest BCUT2D eigenvalue weighted by atomic mass is 35.5. The summed E-state index contributed by atoms with van der Waals surface area (Å²) < 4.78 is 33.9. The summed E-state index contributed by atoms with van der Waals surface area (Å²) in [5, 5.41) is 9.04. The lowest BCUT2D eigenvalue weighted by Crippen LogP contribution is -2.24. The van der Waals surface area contributed by atoms with Crippen LogP contribution in [0.15, 0.2) is 47.3 Å². The number of benzene rings is 2. The van der Waals surface area contributed by atoms with Gasteiger partial charge < -0.3 is 14.4 Å². The van der Waals surface area contributed by atoms with Crippen LogP contribution in [0.3, 0.4) is 0 Å². The molecule has 4 rings (SSSR count). The van der Waals surface area contributed by atoms with Crippen molar-refractivity contribution >= 4 is 17.7 Å². The first kappa shape index (κ1) is 21.8. The number of amides is 1. The molecule has 0 fully saturated rings. The number of nitrogens with zero attached hydrogens (tertiary/aromatic N) is 2. The van der Waals surface area contributed by atoms with Gasteiger partial charge >= 0.3 is 6.09 Å². The highest BCUT2D eigenvalue weighted by molar-refractivity contribution is 6.31. The van der Waals surface area contributed by atoms with Crippen LogP contribution in [0.5, 0.6) is 5.75 Å². The van der Waals surface area contributed by atoms with Gasteiger partial charge in [0.2, 0.25) is 0 Å². The van der Waals surface area contributed by atoms with Crippen LogP contribution in [-0.2, 0) is 26.2 Å². The Balaban J connectivity index is 1.54. The largest absolute Gasteiger partial charge is 0.487 e. The van der Waals surface area contributed by atoms with Crippen LogP contribution in [0, 0.1) is 18.6 Å². The molecule has 1 aliphatic rings. The standard InChI is InChI=1S/C23H19ClF2N2O4/c1-13-6-20(32-12-16-4-5-18(25)8-19(16)26)21(24)22(29)28(13)9-14-2-3-15-10-27(23(30)31)11-17(15)7-14/h2-8H,9-12H2,1H3,(H,30,31). The van der Waals surface area contributed by atoms with Crippen LogP contribution >= 0.6 is 11.6 Å². The van der Waals surface area contributed by atoms with E-state index in [1.54, 1.807) is 13.0 Å². The molecule has 32 heavy (non-hydrogen) atoms. The van der Waals surface area contributed by atoms with Gasteiger partial charge in [-0.25, -0.2) is 13.6 Å². The maximum Gasteiger partial charge on any atom is 0.407 e. The molecule has 0 saturated carbocycles. The average molecular weight is 461 g/mol. The SMILES string of the molecule is Cc1cc(OCc2ccc(F)cc2F)c(Cl)c(=O)n1Cc1ccc2c(c1)CN(C(=O)O)C2. The Kier molecular flexibility index (Phi) is 5.88. The van der Waals surface area contributed by atoms with E-state index in [0.29, 0.717) is 18.8 Å². The minimum Gasteiger partial charge on any atom is -0.487 e. The third-order valence-corrected chi connectivity index (χ3v) is 5.77. The van der Waals surface area contributed by atoms with E-state index >= 15 is 0 Å². The lowest BCUT2D eigenvalue weighted by Gasteiger charge is -2.15. The summed E-state index contributed by atoms with van der Waals surface area (Å²) in [7, 11) is 0. The van der Waals surface area contributed by atoms with Crippen molar-refractivity contribution in [1.82, 2.24) is 9.47 Å². The molecule has 3 aromatic rings. The number of aromatic nitrogens is 1. The van der Waals surface area contributed by atoms with E-state index in [1.165, 1.54) is 15.5 Å². The third-order valence-electron chi connectivity index (χ3n) is 5.42. The van der Waals surface area contributed by atoms with Crippen LogP contribution in [0.4, 0.5) is 13.6 Å². The first-order valence-electron chi connectivity index (χ1n) is 9.78. The molecule has 1 aromatic heterocycles. The molecule has 1 aliphatic heterocycles. The summed E-state index contributed by atoms with van der Waals surface area (Å²) in [5.41, 5.74) is 2.94. The van der Waals surface area contributed by atoms with Crippen molar-refractivity contribution in [1.29, 1.82) is 0 Å². The quantitative estimate of drug-likeness (QED) is 0.598. The minimum atomic E-state index is -0.974. The van der Waals surface area contributed by atoms with Crippen LogP contribution in [-0.4, -0.2) is 20.7 Å². The molecule has 0 spiro atoms. The van der Waals surface area contributed by atoms with Crippen molar-refractivity contribution in [3.8, 4) is 5.75 Å². The molecule has 0 unspecified atom stereocenters. The van der Waals surface area contributed by atoms with E-state index < -0.39 is 23.3 Å². The molecular weight excluding hydrogens is 442 g/mol. The van der Waals surface area contributed by atoms with Gasteiger partial charge in [-0.3, -0.25) is 9.69 Å². The van der Waals surface area contributed by atoms with E-state index in [0.717, 1.165) is 28.8 Å². The molecular formula is C23H19ClF2N2O4. The number of carboxylic acid groups (broad SMARTS) is 1. The van der Waals surface area contributed by atoms with E-state index in [2.05, 4.69) is 0 Å². The number of hydrogen-bond donors (Lipinski definition) is 1. The van der Waals surface area contributed by atoms with Gasteiger partial charge in [0.15, 0.2) is 0 Å². The molecule has 166 valence electrons. The second-order valence-electron chi connectivity index (χ2n) is 7.62. The molecule has 0 bridgehead atoms. The highest BCUT2D eigenvalue weighted by Crippen LogP contribution is 2.26. The summed E-state index contributed by atoms with van der Waals surface area (Å²) in [5.74, 6) is -1.32. The first-order chi connectivity index (χ1) is 15.2. The fourth-order valence-corrected chi connectivity index (χ4v) is 3.89. The average Bonchev–Trinajstić information content (AvgIpc) is 3.18. The van der Waals surface area contributed by atoms with Gasteiger partial charge in [0, 0.05) is 36.5 Å². The molecule has 2 heterocycles. The first-order valence-corrected chi connectivity index (χ1v) is 10.2. The lowest BCUT2D eigenvalue weighted by atomic mass is 10.1. The maximum absolute atomic E-state index is 13.8. The number of fused-ring (bicyclic) bond motifs is 1. The van der Waals surface area contributed by atoms with Crippen molar-refractivity contribution in [2.24, 2.45) is 0 Å². The summed E-state index contributed by atoms with van der Waals surface area (Å²) in [6, 6.07) is 10.3. The summed E-state index contributed by atoms with van der Waals surface area (Å²) in [6.07, 6.45) is -0.974. The summed E-state index contributed by atoms with van der Waals surface area (Å²) >= 11 is 6.23. The van der Waals surface area contributed by atoms with Gasteiger partial charge in [-0.2, -0.15) is 0 Å². The predicted octanol–water partition coefficient (Wildman–Crippen LogP) is 4.71. The fourth-order valence-electron chi connectivity index (χ4n) is 3.67. The minimum absolute atomic E-state index is 0.111.